The number of hydrogen-bond acceptors (Lipinski definition) is 6. The Morgan fingerprint density at radius 1 is 0.821 bits per heavy atom. The molecule has 0 atom stereocenters. The van der Waals surface area contributed by atoms with Gasteiger partial charge in [0.1, 0.15) is 0 Å². The van der Waals surface area contributed by atoms with Crippen molar-refractivity contribution >= 4 is 78.9 Å². The van der Waals surface area contributed by atoms with E-state index in [1.165, 1.54) is 0 Å². The summed E-state index contributed by atoms with van der Waals surface area (Å²) >= 11 is 14.0. The van der Waals surface area contributed by atoms with Crippen LogP contribution >= 0.6 is 78.9 Å². The normalized spacial score (nSPS) is 13.1. The SMILES string of the molecule is CCOP(=O)(Cc1ccc(C(Br)(Br)P(=O)(OCC)OCC)c(Br)c1Br)OCC. The highest BCUT2D eigenvalue weighted by atomic mass is 79.9. The van der Waals surface area contributed by atoms with Crippen LogP contribution in [-0.4, -0.2) is 26.4 Å². The molecule has 0 aromatic heterocycles. The Balaban J connectivity index is 3.38. The molecule has 0 radical (unpaired) electrons. The van der Waals surface area contributed by atoms with Crippen LogP contribution in [0.5, 0.6) is 0 Å². The summed E-state index contributed by atoms with van der Waals surface area (Å²) in [5.74, 6) is 0. The van der Waals surface area contributed by atoms with Crippen molar-refractivity contribution in [3.8, 4) is 0 Å². The second-order valence-corrected chi connectivity index (χ2v) is 15.9. The van der Waals surface area contributed by atoms with Crippen molar-refractivity contribution in [2.75, 3.05) is 26.4 Å². The topological polar surface area (TPSA) is 71.1 Å². The van der Waals surface area contributed by atoms with Gasteiger partial charge in [-0.2, -0.15) is 0 Å². The molecule has 0 aliphatic rings. The number of halogens is 4. The Hall–Kier alpha value is 1.44. The zero-order valence-electron chi connectivity index (χ0n) is 16.0. The molecule has 1 rings (SSSR count). The first-order valence-corrected chi connectivity index (χ1v) is 15.1. The van der Waals surface area contributed by atoms with Crippen molar-refractivity contribution in [3.05, 3.63) is 32.2 Å². The first kappa shape index (κ1) is 27.5. The van der Waals surface area contributed by atoms with E-state index in [1.807, 2.05) is 0 Å². The molecule has 0 aliphatic heterocycles. The van der Waals surface area contributed by atoms with Gasteiger partial charge in [-0.15, -0.1) is 0 Å². The molecule has 0 saturated heterocycles. The third-order valence-corrected chi connectivity index (χ3v) is 13.3. The van der Waals surface area contributed by atoms with E-state index in [1.54, 1.807) is 39.8 Å². The largest absolute Gasteiger partial charge is 0.362 e. The number of hydrogen-bond donors (Lipinski definition) is 0. The van der Waals surface area contributed by atoms with Gasteiger partial charge in [0.2, 0.25) is 2.97 Å². The molecule has 12 heteroatoms. The predicted molar refractivity (Wildman–Crippen MR) is 127 cm³/mol. The summed E-state index contributed by atoms with van der Waals surface area (Å²) in [7, 11) is -6.87. The monoisotopic (exact) mass is 690 g/mol. The van der Waals surface area contributed by atoms with E-state index < -0.39 is 18.2 Å². The summed E-state index contributed by atoms with van der Waals surface area (Å²) in [4.78, 5) is 0. The van der Waals surface area contributed by atoms with Crippen molar-refractivity contribution in [2.45, 2.75) is 36.8 Å². The van der Waals surface area contributed by atoms with Gasteiger partial charge in [-0.1, -0.05) is 44.0 Å². The fraction of sp³-hybridized carbons (Fsp3) is 0.625. The van der Waals surface area contributed by atoms with E-state index >= 15 is 0 Å². The van der Waals surface area contributed by atoms with Crippen LogP contribution in [0.25, 0.3) is 0 Å². The minimum Gasteiger partial charge on any atom is -0.309 e. The molecule has 0 amide bonds. The van der Waals surface area contributed by atoms with Crippen LogP contribution in [0.2, 0.25) is 0 Å². The molecule has 0 N–H and O–H groups in total. The molecule has 6 nitrogen and oxygen atoms in total. The van der Waals surface area contributed by atoms with E-state index in [-0.39, 0.29) is 32.6 Å². The highest BCUT2D eigenvalue weighted by Gasteiger charge is 2.50. The van der Waals surface area contributed by atoms with E-state index in [2.05, 4.69) is 63.7 Å². The van der Waals surface area contributed by atoms with Gasteiger partial charge in [-0.05, 0) is 65.1 Å². The van der Waals surface area contributed by atoms with Gasteiger partial charge in [0.05, 0.1) is 32.6 Å². The molecule has 0 aliphatic carbocycles. The molecular weight excluding hydrogens is 670 g/mol. The number of rotatable bonds is 12. The molecule has 1 aromatic carbocycles. The van der Waals surface area contributed by atoms with E-state index in [4.69, 9.17) is 18.1 Å². The summed E-state index contributed by atoms with van der Waals surface area (Å²) in [5.41, 5.74) is 1.32. The molecule has 0 heterocycles. The molecule has 28 heavy (non-hydrogen) atoms. The average Bonchev–Trinajstić information content (AvgIpc) is 2.59. The maximum atomic E-state index is 13.3. The number of alkyl halides is 2. The molecule has 0 saturated carbocycles. The standard InChI is InChI=1S/C16H24Br4O6P2/c1-5-23-27(21,24-6-2)11-12-9-10-13(15(18)14(12)17)16(19,20)28(22,25-7-3)26-8-4/h9-10H,5-8,11H2,1-4H3. The lowest BCUT2D eigenvalue weighted by molar-refractivity contribution is 0.216. The Bertz CT molecular complexity index is 739. The number of benzene rings is 1. The summed E-state index contributed by atoms with van der Waals surface area (Å²) in [6.45, 7) is 8.03. The van der Waals surface area contributed by atoms with Crippen LogP contribution in [0.15, 0.2) is 21.1 Å². The Morgan fingerprint density at radius 3 is 1.71 bits per heavy atom. The quantitative estimate of drug-likeness (QED) is 0.163. The Kier molecular flexibility index (Phi) is 11.7. The van der Waals surface area contributed by atoms with Gasteiger partial charge in [0.25, 0.3) is 0 Å². The second-order valence-electron chi connectivity index (χ2n) is 5.38. The van der Waals surface area contributed by atoms with Crippen molar-refractivity contribution in [1.29, 1.82) is 0 Å². The molecule has 0 bridgehead atoms. The highest BCUT2D eigenvalue weighted by molar-refractivity contribution is 9.26. The maximum absolute atomic E-state index is 13.3. The zero-order valence-corrected chi connectivity index (χ0v) is 24.2. The second kappa shape index (κ2) is 11.9. The van der Waals surface area contributed by atoms with Crippen molar-refractivity contribution < 1.29 is 27.2 Å². The van der Waals surface area contributed by atoms with E-state index in [0.717, 1.165) is 5.56 Å². The summed E-state index contributed by atoms with van der Waals surface area (Å²) < 4.78 is 47.9. The van der Waals surface area contributed by atoms with Crippen molar-refractivity contribution in [1.82, 2.24) is 0 Å². The van der Waals surface area contributed by atoms with Gasteiger partial charge in [0, 0.05) is 14.5 Å². The first-order chi connectivity index (χ1) is 13.0. The summed E-state index contributed by atoms with van der Waals surface area (Å²) in [5, 5.41) is 0. The Labute approximate surface area is 200 Å². The minimum absolute atomic E-state index is 0.0975. The molecule has 0 fully saturated rings. The molecular formula is C16H24Br4O6P2. The lowest BCUT2D eigenvalue weighted by Crippen LogP contribution is -2.16. The van der Waals surface area contributed by atoms with Gasteiger partial charge >= 0.3 is 15.2 Å². The highest BCUT2D eigenvalue weighted by Crippen LogP contribution is 2.72. The smallest absolute Gasteiger partial charge is 0.309 e. The van der Waals surface area contributed by atoms with E-state index in [9.17, 15) is 9.13 Å². The van der Waals surface area contributed by atoms with Crippen LogP contribution < -0.4 is 0 Å². The molecule has 1 aromatic rings. The van der Waals surface area contributed by atoms with Gasteiger partial charge in [0.15, 0.2) is 0 Å². The average molecular weight is 694 g/mol. The van der Waals surface area contributed by atoms with Crippen molar-refractivity contribution in [3.63, 3.8) is 0 Å². The van der Waals surface area contributed by atoms with Crippen molar-refractivity contribution in [2.24, 2.45) is 0 Å². The Morgan fingerprint density at radius 2 is 1.29 bits per heavy atom. The van der Waals surface area contributed by atoms with E-state index in [0.29, 0.717) is 14.5 Å². The lowest BCUT2D eigenvalue weighted by atomic mass is 10.2. The van der Waals surface area contributed by atoms with Crippen LogP contribution in [-0.2, 0) is 36.4 Å². The first-order valence-electron chi connectivity index (χ1n) is 8.64. The van der Waals surface area contributed by atoms with Crippen LogP contribution in [0.4, 0.5) is 0 Å². The van der Waals surface area contributed by atoms with Gasteiger partial charge in [-0.3, -0.25) is 9.13 Å². The van der Waals surface area contributed by atoms with Crippen LogP contribution in [0.3, 0.4) is 0 Å². The van der Waals surface area contributed by atoms with Crippen LogP contribution in [0.1, 0.15) is 38.8 Å². The predicted octanol–water partition coefficient (Wildman–Crippen LogP) is 8.14. The summed E-state index contributed by atoms with van der Waals surface area (Å²) in [6.07, 6.45) is 0.0975. The third kappa shape index (κ3) is 6.47. The van der Waals surface area contributed by atoms with Crippen LogP contribution in [0, 0.1) is 0 Å². The fourth-order valence-electron chi connectivity index (χ4n) is 2.36. The molecule has 162 valence electrons. The zero-order chi connectivity index (χ0) is 21.6. The van der Waals surface area contributed by atoms with Gasteiger partial charge in [-0.25, -0.2) is 0 Å². The molecule has 0 unspecified atom stereocenters. The summed E-state index contributed by atoms with van der Waals surface area (Å²) in [6, 6.07) is 3.52. The maximum Gasteiger partial charge on any atom is 0.362 e. The fourth-order valence-corrected chi connectivity index (χ4v) is 9.61. The van der Waals surface area contributed by atoms with Gasteiger partial charge < -0.3 is 18.1 Å². The third-order valence-electron chi connectivity index (χ3n) is 3.44. The lowest BCUT2D eigenvalue weighted by Gasteiger charge is -2.31. The minimum atomic E-state index is -3.59. The molecule has 0 spiro atoms.